The molecule has 1 heterocycles. The van der Waals surface area contributed by atoms with E-state index in [0.717, 1.165) is 55.8 Å². The number of hydrogen-bond donors (Lipinski definition) is 2. The van der Waals surface area contributed by atoms with E-state index in [2.05, 4.69) is 45.9 Å². The van der Waals surface area contributed by atoms with E-state index < -0.39 is 0 Å². The Morgan fingerprint density at radius 2 is 1.62 bits per heavy atom. The number of nitrogens with one attached hydrogen (secondary N) is 2. The zero-order chi connectivity index (χ0) is 24.5. The van der Waals surface area contributed by atoms with Gasteiger partial charge in [0.05, 0.1) is 7.11 Å². The molecule has 2 N–H and O–H groups in total. The lowest BCUT2D eigenvalue weighted by Crippen LogP contribution is -2.41. The van der Waals surface area contributed by atoms with Gasteiger partial charge in [0.2, 0.25) is 0 Å². The average molecular weight is 547 g/mol. The van der Waals surface area contributed by atoms with Crippen LogP contribution in [0.4, 0.5) is 5.69 Å². The van der Waals surface area contributed by atoms with Crippen LogP contribution in [0.15, 0.2) is 72.8 Å². The number of ether oxygens (including phenoxy) is 2. The zero-order valence-corrected chi connectivity index (χ0v) is 23.1. The first-order chi connectivity index (χ1) is 17.1. The highest BCUT2D eigenvalue weighted by Gasteiger charge is 2.19. The van der Waals surface area contributed by atoms with E-state index in [0.29, 0.717) is 17.5 Å². The van der Waals surface area contributed by atoms with Gasteiger partial charge < -0.3 is 20.1 Å². The third kappa shape index (κ3) is 9.56. The first-order valence-electron chi connectivity index (χ1n) is 12.2. The highest BCUT2D eigenvalue weighted by molar-refractivity contribution is 5.91. The molecule has 1 saturated heterocycles. The van der Waals surface area contributed by atoms with Gasteiger partial charge in [0, 0.05) is 24.8 Å². The molecule has 200 valence electrons. The third-order valence-corrected chi connectivity index (χ3v) is 6.35. The van der Waals surface area contributed by atoms with Crippen molar-refractivity contribution >= 4 is 36.4 Å². The SMILES string of the molecule is COc1cc(CNC2CCN(Cc3ccccc3)CC2)ccc1OCC(=O)Nc1ccc(C)cc1.Cl.Cl. The van der Waals surface area contributed by atoms with Gasteiger partial charge in [-0.15, -0.1) is 24.8 Å². The number of carbonyl (C=O) groups is 1. The molecule has 1 amide bonds. The number of likely N-dealkylation sites (tertiary alicyclic amines) is 1. The third-order valence-electron chi connectivity index (χ3n) is 6.35. The first kappa shape index (κ1) is 30.5. The molecule has 0 aromatic heterocycles. The second-order valence-corrected chi connectivity index (χ2v) is 9.11. The summed E-state index contributed by atoms with van der Waals surface area (Å²) in [6.07, 6.45) is 2.28. The van der Waals surface area contributed by atoms with Gasteiger partial charge in [0.25, 0.3) is 5.91 Å². The lowest BCUT2D eigenvalue weighted by molar-refractivity contribution is -0.118. The van der Waals surface area contributed by atoms with Crippen LogP contribution in [0.1, 0.15) is 29.5 Å². The predicted octanol–water partition coefficient (Wildman–Crippen LogP) is 5.62. The lowest BCUT2D eigenvalue weighted by atomic mass is 10.0. The summed E-state index contributed by atoms with van der Waals surface area (Å²) in [6, 6.07) is 24.7. The Kier molecular flexibility index (Phi) is 12.7. The predicted molar refractivity (Wildman–Crippen MR) is 154 cm³/mol. The quantitative estimate of drug-likeness (QED) is 0.346. The first-order valence-corrected chi connectivity index (χ1v) is 12.2. The lowest BCUT2D eigenvalue weighted by Gasteiger charge is -2.32. The molecule has 37 heavy (non-hydrogen) atoms. The number of methoxy groups -OCH3 is 1. The molecular weight excluding hydrogens is 509 g/mol. The minimum Gasteiger partial charge on any atom is -0.493 e. The number of hydrogen-bond acceptors (Lipinski definition) is 5. The molecule has 0 atom stereocenters. The van der Waals surface area contributed by atoms with Gasteiger partial charge in [0.15, 0.2) is 18.1 Å². The molecular formula is C29H37Cl2N3O3. The van der Waals surface area contributed by atoms with E-state index in [9.17, 15) is 4.79 Å². The minimum absolute atomic E-state index is 0. The normalized spacial score (nSPS) is 13.7. The molecule has 6 nitrogen and oxygen atoms in total. The fourth-order valence-electron chi connectivity index (χ4n) is 4.32. The van der Waals surface area contributed by atoms with Crippen molar-refractivity contribution in [1.82, 2.24) is 10.2 Å². The van der Waals surface area contributed by atoms with Crippen molar-refractivity contribution in [1.29, 1.82) is 0 Å². The van der Waals surface area contributed by atoms with E-state index in [1.165, 1.54) is 5.56 Å². The number of nitrogens with zero attached hydrogens (tertiary/aromatic N) is 1. The van der Waals surface area contributed by atoms with Crippen molar-refractivity contribution in [3.63, 3.8) is 0 Å². The maximum Gasteiger partial charge on any atom is 0.262 e. The smallest absolute Gasteiger partial charge is 0.262 e. The molecule has 0 aliphatic carbocycles. The van der Waals surface area contributed by atoms with Crippen LogP contribution in [-0.4, -0.2) is 43.7 Å². The summed E-state index contributed by atoms with van der Waals surface area (Å²) < 4.78 is 11.3. The molecule has 0 spiro atoms. The maximum atomic E-state index is 12.2. The van der Waals surface area contributed by atoms with Crippen LogP contribution in [0.2, 0.25) is 0 Å². The van der Waals surface area contributed by atoms with Gasteiger partial charge in [-0.25, -0.2) is 0 Å². The second-order valence-electron chi connectivity index (χ2n) is 9.11. The Balaban J connectivity index is 0.00000241. The number of aryl methyl sites for hydroxylation is 1. The largest absolute Gasteiger partial charge is 0.493 e. The molecule has 8 heteroatoms. The summed E-state index contributed by atoms with van der Waals surface area (Å²) in [5.41, 5.74) is 4.40. The summed E-state index contributed by atoms with van der Waals surface area (Å²) in [7, 11) is 1.62. The molecule has 4 rings (SSSR count). The van der Waals surface area contributed by atoms with Crippen LogP contribution in [0.3, 0.4) is 0 Å². The average Bonchev–Trinajstić information content (AvgIpc) is 2.89. The van der Waals surface area contributed by atoms with Crippen molar-refractivity contribution in [2.24, 2.45) is 0 Å². The van der Waals surface area contributed by atoms with Crippen LogP contribution in [0.25, 0.3) is 0 Å². The number of carbonyl (C=O) groups excluding carboxylic acids is 1. The van der Waals surface area contributed by atoms with Crippen LogP contribution in [-0.2, 0) is 17.9 Å². The molecule has 0 bridgehead atoms. The molecule has 1 aliphatic rings. The number of amides is 1. The fourth-order valence-corrected chi connectivity index (χ4v) is 4.32. The van der Waals surface area contributed by atoms with Gasteiger partial charge in [-0.1, -0.05) is 54.1 Å². The molecule has 0 radical (unpaired) electrons. The Labute approximate surface area is 232 Å². The highest BCUT2D eigenvalue weighted by atomic mass is 35.5. The van der Waals surface area contributed by atoms with Crippen LogP contribution in [0.5, 0.6) is 11.5 Å². The molecule has 1 fully saturated rings. The summed E-state index contributed by atoms with van der Waals surface area (Å²) in [5.74, 6) is 0.981. The van der Waals surface area contributed by atoms with Crippen molar-refractivity contribution < 1.29 is 14.3 Å². The van der Waals surface area contributed by atoms with Gasteiger partial charge in [-0.2, -0.15) is 0 Å². The van der Waals surface area contributed by atoms with E-state index in [1.807, 2.05) is 49.4 Å². The second kappa shape index (κ2) is 15.5. The van der Waals surface area contributed by atoms with Crippen molar-refractivity contribution in [2.45, 2.75) is 38.9 Å². The molecule has 1 aliphatic heterocycles. The molecule has 0 unspecified atom stereocenters. The summed E-state index contributed by atoms with van der Waals surface area (Å²) in [6.45, 7) is 5.93. The molecule has 3 aromatic rings. The van der Waals surface area contributed by atoms with Gasteiger partial charge >= 0.3 is 0 Å². The van der Waals surface area contributed by atoms with Crippen molar-refractivity contribution in [3.8, 4) is 11.5 Å². The summed E-state index contributed by atoms with van der Waals surface area (Å²) in [4.78, 5) is 14.8. The van der Waals surface area contributed by atoms with Crippen LogP contribution in [0, 0.1) is 6.92 Å². The van der Waals surface area contributed by atoms with Crippen molar-refractivity contribution in [3.05, 3.63) is 89.5 Å². The fraction of sp³-hybridized carbons (Fsp3) is 0.345. The summed E-state index contributed by atoms with van der Waals surface area (Å²) in [5, 5.41) is 6.53. The van der Waals surface area contributed by atoms with E-state index in [1.54, 1.807) is 7.11 Å². The standard InChI is InChI=1S/C29H35N3O3.2ClH/c1-22-8-11-26(12-9-22)31-29(33)21-35-27-13-10-24(18-28(27)34-2)19-30-25-14-16-32(17-15-25)20-23-6-4-3-5-7-23;;/h3-13,18,25,30H,14-17,19-21H2,1-2H3,(H,31,33);2*1H. The number of halogens is 2. The van der Waals surface area contributed by atoms with E-state index in [4.69, 9.17) is 9.47 Å². The Hall–Kier alpha value is -2.77. The van der Waals surface area contributed by atoms with Gasteiger partial charge in [0.1, 0.15) is 0 Å². The molecule has 3 aromatic carbocycles. The van der Waals surface area contributed by atoms with Crippen molar-refractivity contribution in [2.75, 3.05) is 32.1 Å². The number of anilines is 1. The highest BCUT2D eigenvalue weighted by Crippen LogP contribution is 2.28. The van der Waals surface area contributed by atoms with E-state index >= 15 is 0 Å². The Morgan fingerprint density at radius 1 is 0.919 bits per heavy atom. The van der Waals surface area contributed by atoms with E-state index in [-0.39, 0.29) is 37.3 Å². The number of benzene rings is 3. The number of piperidine rings is 1. The van der Waals surface area contributed by atoms with Crippen LogP contribution < -0.4 is 20.1 Å². The molecule has 0 saturated carbocycles. The summed E-state index contributed by atoms with van der Waals surface area (Å²) >= 11 is 0. The van der Waals surface area contributed by atoms with Gasteiger partial charge in [-0.3, -0.25) is 9.69 Å². The minimum atomic E-state index is -0.208. The Bertz CT molecular complexity index is 1090. The topological polar surface area (TPSA) is 62.8 Å². The van der Waals surface area contributed by atoms with Gasteiger partial charge in [-0.05, 0) is 68.2 Å². The number of rotatable bonds is 10. The maximum absolute atomic E-state index is 12.2. The monoisotopic (exact) mass is 545 g/mol. The van der Waals surface area contributed by atoms with Crippen LogP contribution >= 0.6 is 24.8 Å². The zero-order valence-electron chi connectivity index (χ0n) is 21.4. The Morgan fingerprint density at radius 3 is 2.30 bits per heavy atom.